The maximum absolute atomic E-state index is 15.3. The van der Waals surface area contributed by atoms with E-state index in [-0.39, 0.29) is 29.4 Å². The Morgan fingerprint density at radius 2 is 1.62 bits per heavy atom. The van der Waals surface area contributed by atoms with Gasteiger partial charge < -0.3 is 4.74 Å². The van der Waals surface area contributed by atoms with E-state index in [1.54, 1.807) is 0 Å². The second-order valence-corrected chi connectivity index (χ2v) is 9.82. The van der Waals surface area contributed by atoms with Crippen LogP contribution in [0.1, 0.15) is 106 Å². The zero-order valence-corrected chi connectivity index (χ0v) is 19.7. The van der Waals surface area contributed by atoms with Crippen molar-refractivity contribution in [3.63, 3.8) is 0 Å². The first-order valence-corrected chi connectivity index (χ1v) is 12.7. The SMILES string of the molecule is CCCCCc1ccc(C2CCC(c3ccc4c(c3F)OC(=O)C(CCC)C4)CC2)cc1. The van der Waals surface area contributed by atoms with E-state index in [0.717, 1.165) is 49.7 Å². The van der Waals surface area contributed by atoms with E-state index in [4.69, 9.17) is 4.74 Å². The molecule has 2 aromatic carbocycles. The fourth-order valence-electron chi connectivity index (χ4n) is 5.57. The van der Waals surface area contributed by atoms with Crippen molar-refractivity contribution in [3.05, 3.63) is 64.5 Å². The first-order valence-electron chi connectivity index (χ1n) is 12.7. The molecule has 1 saturated carbocycles. The van der Waals surface area contributed by atoms with Crippen LogP contribution in [0.15, 0.2) is 36.4 Å². The molecule has 3 heteroatoms. The summed E-state index contributed by atoms with van der Waals surface area (Å²) in [7, 11) is 0. The number of halogens is 1. The lowest BCUT2D eigenvalue weighted by molar-refractivity contribution is -0.140. The van der Waals surface area contributed by atoms with Gasteiger partial charge in [-0.05, 0) is 85.5 Å². The van der Waals surface area contributed by atoms with E-state index in [1.165, 1.54) is 36.8 Å². The molecule has 1 fully saturated rings. The van der Waals surface area contributed by atoms with Crippen molar-refractivity contribution in [1.29, 1.82) is 0 Å². The van der Waals surface area contributed by atoms with Gasteiger partial charge in [0, 0.05) is 0 Å². The largest absolute Gasteiger partial charge is 0.423 e. The minimum Gasteiger partial charge on any atom is -0.423 e. The van der Waals surface area contributed by atoms with Crippen LogP contribution in [0, 0.1) is 11.7 Å². The molecular weight excluding hydrogens is 399 g/mol. The Hall–Kier alpha value is -2.16. The third kappa shape index (κ3) is 5.08. The Kier molecular flexibility index (Phi) is 7.65. The van der Waals surface area contributed by atoms with Gasteiger partial charge in [-0.1, -0.05) is 69.5 Å². The number of esters is 1. The maximum atomic E-state index is 15.3. The number of fused-ring (bicyclic) bond motifs is 1. The molecule has 0 bridgehead atoms. The Balaban J connectivity index is 1.38. The van der Waals surface area contributed by atoms with Crippen LogP contribution in [0.5, 0.6) is 5.75 Å². The van der Waals surface area contributed by atoms with Crippen LogP contribution in [-0.2, 0) is 17.6 Å². The Morgan fingerprint density at radius 3 is 2.31 bits per heavy atom. The number of ether oxygens (including phenoxy) is 1. The molecule has 1 aliphatic carbocycles. The van der Waals surface area contributed by atoms with E-state index in [2.05, 4.69) is 38.1 Å². The lowest BCUT2D eigenvalue weighted by Crippen LogP contribution is -2.28. The summed E-state index contributed by atoms with van der Waals surface area (Å²) >= 11 is 0. The first kappa shape index (κ1) is 23.0. The number of carbonyl (C=O) groups is 1. The minimum atomic E-state index is -0.300. The minimum absolute atomic E-state index is 0.133. The number of benzene rings is 2. The number of hydrogen-bond acceptors (Lipinski definition) is 2. The Morgan fingerprint density at radius 1 is 0.906 bits per heavy atom. The van der Waals surface area contributed by atoms with Crippen LogP contribution in [0.2, 0.25) is 0 Å². The van der Waals surface area contributed by atoms with Crippen molar-refractivity contribution in [2.45, 2.75) is 96.3 Å². The summed E-state index contributed by atoms with van der Waals surface area (Å²) in [6.07, 6.45) is 11.4. The summed E-state index contributed by atoms with van der Waals surface area (Å²) in [5.41, 5.74) is 4.43. The third-order valence-electron chi connectivity index (χ3n) is 7.54. The van der Waals surface area contributed by atoms with Gasteiger partial charge in [0.25, 0.3) is 0 Å². The molecule has 0 amide bonds. The molecule has 1 aliphatic heterocycles. The highest BCUT2D eigenvalue weighted by molar-refractivity contribution is 5.78. The van der Waals surface area contributed by atoms with Gasteiger partial charge in [0.1, 0.15) is 0 Å². The summed E-state index contributed by atoms with van der Waals surface area (Å²) in [5, 5.41) is 0. The summed E-state index contributed by atoms with van der Waals surface area (Å²) in [4.78, 5) is 12.3. The molecule has 0 radical (unpaired) electrons. The van der Waals surface area contributed by atoms with Gasteiger partial charge in [-0.3, -0.25) is 4.79 Å². The highest BCUT2D eigenvalue weighted by Crippen LogP contribution is 2.44. The lowest BCUT2D eigenvalue weighted by atomic mass is 9.75. The van der Waals surface area contributed by atoms with Crippen LogP contribution in [0.25, 0.3) is 0 Å². The molecule has 172 valence electrons. The fraction of sp³-hybridized carbons (Fsp3) is 0.552. The topological polar surface area (TPSA) is 26.3 Å². The predicted molar refractivity (Wildman–Crippen MR) is 128 cm³/mol. The van der Waals surface area contributed by atoms with E-state index < -0.39 is 0 Å². The zero-order valence-electron chi connectivity index (χ0n) is 19.7. The standard InChI is InChI=1S/C29H37FO2/c1-3-5-6-8-20-9-11-21(12-10-20)22-13-15-23(16-14-22)26-18-17-24-19-25(7-4-2)29(31)32-28(24)27(26)30/h9-12,17-18,22-23,25H,3-8,13-16,19H2,1-2H3. The molecule has 0 N–H and O–H groups in total. The second-order valence-electron chi connectivity index (χ2n) is 9.82. The smallest absolute Gasteiger partial charge is 0.314 e. The molecule has 2 aliphatic rings. The van der Waals surface area contributed by atoms with E-state index in [9.17, 15) is 4.79 Å². The average molecular weight is 437 g/mol. The van der Waals surface area contributed by atoms with Crippen molar-refractivity contribution in [1.82, 2.24) is 0 Å². The summed E-state index contributed by atoms with van der Waals surface area (Å²) in [6.45, 7) is 4.30. The molecule has 0 aromatic heterocycles. The summed E-state index contributed by atoms with van der Waals surface area (Å²) in [5.74, 6) is 0.260. The molecule has 32 heavy (non-hydrogen) atoms. The molecule has 1 unspecified atom stereocenters. The number of aryl methyl sites for hydroxylation is 1. The molecular formula is C29H37FO2. The second kappa shape index (κ2) is 10.6. The van der Waals surface area contributed by atoms with Crippen molar-refractivity contribution in [2.24, 2.45) is 5.92 Å². The van der Waals surface area contributed by atoms with Gasteiger partial charge in [-0.25, -0.2) is 4.39 Å². The number of unbranched alkanes of at least 4 members (excludes halogenated alkanes) is 2. The Bertz CT molecular complexity index is 909. The third-order valence-corrected chi connectivity index (χ3v) is 7.54. The fourth-order valence-corrected chi connectivity index (χ4v) is 5.57. The van der Waals surface area contributed by atoms with E-state index in [0.29, 0.717) is 12.3 Å². The van der Waals surface area contributed by atoms with E-state index >= 15 is 4.39 Å². The molecule has 1 heterocycles. The quantitative estimate of drug-likeness (QED) is 0.239. The van der Waals surface area contributed by atoms with Gasteiger partial charge in [-0.2, -0.15) is 0 Å². The van der Waals surface area contributed by atoms with Gasteiger partial charge in [0.15, 0.2) is 11.6 Å². The van der Waals surface area contributed by atoms with E-state index in [1.807, 2.05) is 12.1 Å². The average Bonchev–Trinajstić information content (AvgIpc) is 2.81. The van der Waals surface area contributed by atoms with Crippen LogP contribution >= 0.6 is 0 Å². The van der Waals surface area contributed by atoms with Crippen LogP contribution in [-0.4, -0.2) is 5.97 Å². The first-order chi connectivity index (χ1) is 15.6. The zero-order chi connectivity index (χ0) is 22.5. The highest BCUT2D eigenvalue weighted by atomic mass is 19.1. The summed E-state index contributed by atoms with van der Waals surface area (Å²) < 4.78 is 20.8. The van der Waals surface area contributed by atoms with Gasteiger partial charge >= 0.3 is 5.97 Å². The van der Waals surface area contributed by atoms with Crippen molar-refractivity contribution < 1.29 is 13.9 Å². The predicted octanol–water partition coefficient (Wildman–Crippen LogP) is 7.88. The van der Waals surface area contributed by atoms with Crippen LogP contribution < -0.4 is 4.74 Å². The molecule has 4 rings (SSSR count). The van der Waals surface area contributed by atoms with Crippen molar-refractivity contribution in [2.75, 3.05) is 0 Å². The normalized spacial score (nSPS) is 23.0. The van der Waals surface area contributed by atoms with Gasteiger partial charge in [0.2, 0.25) is 0 Å². The maximum Gasteiger partial charge on any atom is 0.314 e. The van der Waals surface area contributed by atoms with Gasteiger partial charge in [0.05, 0.1) is 5.92 Å². The molecule has 2 nitrogen and oxygen atoms in total. The molecule has 0 spiro atoms. The van der Waals surface area contributed by atoms with Crippen molar-refractivity contribution in [3.8, 4) is 5.75 Å². The monoisotopic (exact) mass is 436 g/mol. The van der Waals surface area contributed by atoms with Crippen LogP contribution in [0.4, 0.5) is 4.39 Å². The molecule has 2 aromatic rings. The number of rotatable bonds is 8. The molecule has 0 saturated heterocycles. The lowest BCUT2D eigenvalue weighted by Gasteiger charge is -2.31. The number of hydrogen-bond donors (Lipinski definition) is 0. The number of carbonyl (C=O) groups excluding carboxylic acids is 1. The van der Waals surface area contributed by atoms with Crippen molar-refractivity contribution >= 4 is 5.97 Å². The molecule has 1 atom stereocenters. The van der Waals surface area contributed by atoms with Crippen LogP contribution in [0.3, 0.4) is 0 Å². The Labute approximate surface area is 192 Å². The van der Waals surface area contributed by atoms with Gasteiger partial charge in [-0.15, -0.1) is 0 Å². The highest BCUT2D eigenvalue weighted by Gasteiger charge is 2.33. The summed E-state index contributed by atoms with van der Waals surface area (Å²) in [6, 6.07) is 13.1.